The molecule has 0 aliphatic heterocycles. The molecule has 3 heteroatoms. The molecule has 0 fully saturated rings. The van der Waals surface area contributed by atoms with E-state index in [0.29, 0.717) is 11.9 Å². The number of rotatable bonds is 3. The molecule has 0 radical (unpaired) electrons. The van der Waals surface area contributed by atoms with Gasteiger partial charge in [0.2, 0.25) is 0 Å². The molecule has 0 aromatic carbocycles. The molecule has 0 amide bonds. The summed E-state index contributed by atoms with van der Waals surface area (Å²) in [7, 11) is 0. The van der Waals surface area contributed by atoms with Crippen molar-refractivity contribution in [3.63, 3.8) is 0 Å². The SMILES string of the molecule is CCC(C)Nc1ccnc(N)c1. The molecule has 12 heavy (non-hydrogen) atoms. The first kappa shape index (κ1) is 8.84. The molecule has 1 aromatic rings. The van der Waals surface area contributed by atoms with Gasteiger partial charge in [-0.05, 0) is 19.4 Å². The third-order valence-corrected chi connectivity index (χ3v) is 1.81. The summed E-state index contributed by atoms with van der Waals surface area (Å²) in [6.07, 6.45) is 2.81. The normalized spacial score (nSPS) is 12.5. The first-order valence-electron chi connectivity index (χ1n) is 4.20. The molecule has 0 bridgehead atoms. The molecule has 1 aromatic heterocycles. The standard InChI is InChI=1S/C9H15N3/c1-3-7(2)12-8-4-5-11-9(10)6-8/h4-7H,3H2,1-2H3,(H3,10,11,12). The van der Waals surface area contributed by atoms with Crippen molar-refractivity contribution >= 4 is 11.5 Å². The Kier molecular flexibility index (Phi) is 2.91. The first-order valence-corrected chi connectivity index (χ1v) is 4.20. The highest BCUT2D eigenvalue weighted by Gasteiger charge is 1.98. The highest BCUT2D eigenvalue weighted by atomic mass is 14.9. The Labute approximate surface area is 73.0 Å². The van der Waals surface area contributed by atoms with Crippen molar-refractivity contribution in [3.05, 3.63) is 18.3 Å². The van der Waals surface area contributed by atoms with Crippen molar-refractivity contribution in [2.24, 2.45) is 0 Å². The summed E-state index contributed by atoms with van der Waals surface area (Å²) in [6, 6.07) is 4.24. The number of pyridine rings is 1. The Bertz CT molecular complexity index is 247. The molecule has 3 nitrogen and oxygen atoms in total. The molecule has 0 aliphatic carbocycles. The van der Waals surface area contributed by atoms with Crippen molar-refractivity contribution in [1.29, 1.82) is 0 Å². The van der Waals surface area contributed by atoms with Crippen LogP contribution in [0.25, 0.3) is 0 Å². The number of aromatic nitrogens is 1. The third kappa shape index (κ3) is 2.42. The number of hydrogen-bond donors (Lipinski definition) is 2. The number of nitrogens with zero attached hydrogens (tertiary/aromatic N) is 1. The summed E-state index contributed by atoms with van der Waals surface area (Å²) >= 11 is 0. The van der Waals surface area contributed by atoms with Gasteiger partial charge in [0.25, 0.3) is 0 Å². The van der Waals surface area contributed by atoms with Gasteiger partial charge in [0.1, 0.15) is 5.82 Å². The van der Waals surface area contributed by atoms with Crippen LogP contribution in [0.4, 0.5) is 11.5 Å². The zero-order valence-corrected chi connectivity index (χ0v) is 7.54. The van der Waals surface area contributed by atoms with Crippen LogP contribution in [0.3, 0.4) is 0 Å². The van der Waals surface area contributed by atoms with Gasteiger partial charge in [0.15, 0.2) is 0 Å². The van der Waals surface area contributed by atoms with Crippen molar-refractivity contribution in [2.75, 3.05) is 11.1 Å². The van der Waals surface area contributed by atoms with E-state index in [1.165, 1.54) is 0 Å². The van der Waals surface area contributed by atoms with E-state index in [-0.39, 0.29) is 0 Å². The fourth-order valence-corrected chi connectivity index (χ4v) is 0.925. The smallest absolute Gasteiger partial charge is 0.125 e. The average molecular weight is 165 g/mol. The van der Waals surface area contributed by atoms with Crippen LogP contribution in [0.15, 0.2) is 18.3 Å². The highest BCUT2D eigenvalue weighted by Crippen LogP contribution is 2.10. The van der Waals surface area contributed by atoms with E-state index in [2.05, 4.69) is 24.1 Å². The van der Waals surface area contributed by atoms with Crippen LogP contribution < -0.4 is 11.1 Å². The van der Waals surface area contributed by atoms with E-state index in [0.717, 1.165) is 12.1 Å². The molecule has 0 spiro atoms. The Hall–Kier alpha value is -1.25. The van der Waals surface area contributed by atoms with E-state index in [1.54, 1.807) is 6.20 Å². The maximum absolute atomic E-state index is 5.52. The van der Waals surface area contributed by atoms with Crippen LogP contribution in [0.1, 0.15) is 20.3 Å². The molecule has 1 unspecified atom stereocenters. The summed E-state index contributed by atoms with van der Waals surface area (Å²) in [5.74, 6) is 0.559. The minimum atomic E-state index is 0.479. The van der Waals surface area contributed by atoms with Crippen LogP contribution in [-0.4, -0.2) is 11.0 Å². The minimum absolute atomic E-state index is 0.479. The minimum Gasteiger partial charge on any atom is -0.384 e. The number of anilines is 2. The van der Waals surface area contributed by atoms with E-state index < -0.39 is 0 Å². The van der Waals surface area contributed by atoms with Gasteiger partial charge in [-0.15, -0.1) is 0 Å². The second-order valence-corrected chi connectivity index (χ2v) is 2.92. The molecule has 1 rings (SSSR count). The summed E-state index contributed by atoms with van der Waals surface area (Å²) in [5.41, 5.74) is 6.56. The van der Waals surface area contributed by atoms with Crippen molar-refractivity contribution in [3.8, 4) is 0 Å². The average Bonchev–Trinajstić information content (AvgIpc) is 2.04. The fourth-order valence-electron chi connectivity index (χ4n) is 0.925. The van der Waals surface area contributed by atoms with Crippen LogP contribution in [0.2, 0.25) is 0 Å². The lowest BCUT2D eigenvalue weighted by atomic mass is 10.2. The third-order valence-electron chi connectivity index (χ3n) is 1.81. The molecule has 1 atom stereocenters. The number of nitrogen functional groups attached to an aromatic ring is 1. The highest BCUT2D eigenvalue weighted by molar-refractivity contribution is 5.50. The summed E-state index contributed by atoms with van der Waals surface area (Å²) in [6.45, 7) is 4.28. The number of nitrogens with two attached hydrogens (primary N) is 1. The van der Waals surface area contributed by atoms with Gasteiger partial charge in [0.05, 0.1) is 0 Å². The second kappa shape index (κ2) is 3.95. The Morgan fingerprint density at radius 1 is 1.67 bits per heavy atom. The number of hydrogen-bond acceptors (Lipinski definition) is 3. The molecule has 3 N–H and O–H groups in total. The maximum Gasteiger partial charge on any atom is 0.125 e. The van der Waals surface area contributed by atoms with Crippen LogP contribution in [0.5, 0.6) is 0 Å². The molecule has 0 saturated heterocycles. The lowest BCUT2D eigenvalue weighted by Crippen LogP contribution is -2.13. The summed E-state index contributed by atoms with van der Waals surface area (Å²) in [4.78, 5) is 3.91. The van der Waals surface area contributed by atoms with Gasteiger partial charge < -0.3 is 11.1 Å². The second-order valence-electron chi connectivity index (χ2n) is 2.92. The molecular formula is C9H15N3. The lowest BCUT2D eigenvalue weighted by molar-refractivity contribution is 0.764. The van der Waals surface area contributed by atoms with E-state index in [9.17, 15) is 0 Å². The predicted octanol–water partition coefficient (Wildman–Crippen LogP) is 1.87. The number of nitrogens with one attached hydrogen (secondary N) is 1. The van der Waals surface area contributed by atoms with Crippen molar-refractivity contribution < 1.29 is 0 Å². The Morgan fingerprint density at radius 2 is 2.42 bits per heavy atom. The van der Waals surface area contributed by atoms with Crippen molar-refractivity contribution in [1.82, 2.24) is 4.98 Å². The van der Waals surface area contributed by atoms with Gasteiger partial charge in [-0.25, -0.2) is 4.98 Å². The topological polar surface area (TPSA) is 50.9 Å². The van der Waals surface area contributed by atoms with E-state index in [4.69, 9.17) is 5.73 Å². The molecule has 66 valence electrons. The summed E-state index contributed by atoms with van der Waals surface area (Å²) in [5, 5.41) is 3.31. The Balaban J connectivity index is 2.63. The molecule has 0 saturated carbocycles. The molecule has 0 aliphatic rings. The fraction of sp³-hybridized carbons (Fsp3) is 0.444. The van der Waals surface area contributed by atoms with E-state index >= 15 is 0 Å². The lowest BCUT2D eigenvalue weighted by Gasteiger charge is -2.12. The van der Waals surface area contributed by atoms with Gasteiger partial charge in [-0.1, -0.05) is 6.92 Å². The Morgan fingerprint density at radius 3 is 3.00 bits per heavy atom. The quantitative estimate of drug-likeness (QED) is 0.719. The van der Waals surface area contributed by atoms with Crippen LogP contribution in [0, 0.1) is 0 Å². The van der Waals surface area contributed by atoms with Gasteiger partial charge >= 0.3 is 0 Å². The molecule has 1 heterocycles. The zero-order valence-electron chi connectivity index (χ0n) is 7.54. The van der Waals surface area contributed by atoms with Crippen LogP contribution in [-0.2, 0) is 0 Å². The van der Waals surface area contributed by atoms with Gasteiger partial charge in [-0.3, -0.25) is 0 Å². The predicted molar refractivity (Wildman–Crippen MR) is 52.0 cm³/mol. The largest absolute Gasteiger partial charge is 0.384 e. The first-order chi connectivity index (χ1) is 5.72. The maximum atomic E-state index is 5.52. The van der Waals surface area contributed by atoms with Crippen LogP contribution >= 0.6 is 0 Å². The van der Waals surface area contributed by atoms with Gasteiger partial charge in [0, 0.05) is 24.0 Å². The van der Waals surface area contributed by atoms with Gasteiger partial charge in [-0.2, -0.15) is 0 Å². The van der Waals surface area contributed by atoms with E-state index in [1.807, 2.05) is 12.1 Å². The molecular weight excluding hydrogens is 150 g/mol. The monoisotopic (exact) mass is 165 g/mol. The van der Waals surface area contributed by atoms with Crippen molar-refractivity contribution in [2.45, 2.75) is 26.3 Å². The zero-order chi connectivity index (χ0) is 8.97. The summed E-state index contributed by atoms with van der Waals surface area (Å²) < 4.78 is 0.